The zero-order valence-electron chi connectivity index (χ0n) is 11.0. The highest BCUT2D eigenvalue weighted by Crippen LogP contribution is 1.81. The number of allylic oxidation sites excluding steroid dienone is 3. The van der Waals surface area contributed by atoms with E-state index < -0.39 is 5.97 Å². The van der Waals surface area contributed by atoms with Crippen molar-refractivity contribution < 1.29 is 9.90 Å². The Bertz CT molecular complexity index is 155. The molecule has 0 amide bonds. The lowest BCUT2D eigenvalue weighted by molar-refractivity contribution is -0.132. The lowest BCUT2D eigenvalue weighted by atomic mass is 10.4. The SMILES string of the molecule is C=C(C)C(=O)O.C=C/C=C\C.CC.CC. The van der Waals surface area contributed by atoms with E-state index in [0.29, 0.717) is 0 Å². The van der Waals surface area contributed by atoms with Crippen LogP contribution in [0, 0.1) is 0 Å². The van der Waals surface area contributed by atoms with E-state index in [4.69, 9.17) is 5.11 Å². The third kappa shape index (κ3) is 65.9. The fourth-order valence-electron chi connectivity index (χ4n) is 0.136. The van der Waals surface area contributed by atoms with Gasteiger partial charge >= 0.3 is 5.97 Å². The molecule has 0 saturated heterocycles. The first kappa shape index (κ1) is 23.5. The molecule has 0 saturated carbocycles. The van der Waals surface area contributed by atoms with Gasteiger partial charge in [0.2, 0.25) is 0 Å². The number of hydrogen-bond donors (Lipinski definition) is 1. The normalized spacial score (nSPS) is 6.80. The van der Waals surface area contributed by atoms with Crippen LogP contribution in [0.25, 0.3) is 0 Å². The highest BCUT2D eigenvalue weighted by atomic mass is 16.4. The van der Waals surface area contributed by atoms with E-state index in [1.807, 2.05) is 46.8 Å². The zero-order chi connectivity index (χ0) is 13.3. The standard InChI is InChI=1S/C5H8.C4H6O2.2C2H6/c1-3-5-4-2;1-3(2)4(5)6;2*1-2/h3-5H,1H2,2H3;1H2,2H3,(H,5,6);2*1-2H3/b5-4-;;;. The fraction of sp³-hybridized carbons (Fsp3) is 0.462. The highest BCUT2D eigenvalue weighted by Gasteiger charge is 1.90. The topological polar surface area (TPSA) is 37.3 Å². The van der Waals surface area contributed by atoms with Crippen LogP contribution in [0.2, 0.25) is 0 Å². The second kappa shape index (κ2) is 29.3. The molecule has 0 bridgehead atoms. The Kier molecular flexibility index (Phi) is 45.9. The minimum Gasteiger partial charge on any atom is -0.478 e. The lowest BCUT2D eigenvalue weighted by Gasteiger charge is -1.79. The van der Waals surface area contributed by atoms with Crippen molar-refractivity contribution >= 4 is 5.97 Å². The summed E-state index contributed by atoms with van der Waals surface area (Å²) in [5.41, 5.74) is 0.176. The van der Waals surface area contributed by atoms with Crippen LogP contribution in [0.4, 0.5) is 0 Å². The Balaban J connectivity index is -0.0000000610. The summed E-state index contributed by atoms with van der Waals surface area (Å²) >= 11 is 0. The summed E-state index contributed by atoms with van der Waals surface area (Å²) in [7, 11) is 0. The molecule has 15 heavy (non-hydrogen) atoms. The molecule has 0 unspecified atom stereocenters. The van der Waals surface area contributed by atoms with Gasteiger partial charge in [-0.25, -0.2) is 4.79 Å². The third-order valence-corrected chi connectivity index (χ3v) is 0.694. The summed E-state index contributed by atoms with van der Waals surface area (Å²) in [6, 6.07) is 0. The van der Waals surface area contributed by atoms with Crippen LogP contribution in [0.1, 0.15) is 41.5 Å². The van der Waals surface area contributed by atoms with Gasteiger partial charge in [0.05, 0.1) is 0 Å². The average molecular weight is 214 g/mol. The molecule has 0 atom stereocenters. The van der Waals surface area contributed by atoms with Crippen molar-refractivity contribution in [2.45, 2.75) is 41.5 Å². The fourth-order valence-corrected chi connectivity index (χ4v) is 0.136. The van der Waals surface area contributed by atoms with Gasteiger partial charge in [-0.05, 0) is 13.8 Å². The molecule has 0 aromatic carbocycles. The molecular formula is C13H26O2. The van der Waals surface area contributed by atoms with Crippen LogP contribution in [0.5, 0.6) is 0 Å². The number of hydrogen-bond acceptors (Lipinski definition) is 1. The minimum absolute atomic E-state index is 0.176. The zero-order valence-corrected chi connectivity index (χ0v) is 11.0. The highest BCUT2D eigenvalue weighted by molar-refractivity contribution is 5.84. The van der Waals surface area contributed by atoms with Crippen LogP contribution in [0.15, 0.2) is 37.0 Å². The number of carboxylic acids is 1. The smallest absolute Gasteiger partial charge is 0.330 e. The van der Waals surface area contributed by atoms with Crippen LogP contribution < -0.4 is 0 Å². The van der Waals surface area contributed by atoms with Gasteiger partial charge in [-0.3, -0.25) is 0 Å². The van der Waals surface area contributed by atoms with E-state index in [0.717, 1.165) is 0 Å². The van der Waals surface area contributed by atoms with Crippen LogP contribution in [-0.4, -0.2) is 11.1 Å². The van der Waals surface area contributed by atoms with Gasteiger partial charge in [0.15, 0.2) is 0 Å². The first-order valence-corrected chi connectivity index (χ1v) is 5.18. The van der Waals surface area contributed by atoms with Crippen LogP contribution in [-0.2, 0) is 4.79 Å². The van der Waals surface area contributed by atoms with Crippen molar-refractivity contribution in [1.29, 1.82) is 0 Å². The second-order valence-corrected chi connectivity index (χ2v) is 1.85. The molecular weight excluding hydrogens is 188 g/mol. The predicted molar refractivity (Wildman–Crippen MR) is 70.2 cm³/mol. The van der Waals surface area contributed by atoms with Crippen molar-refractivity contribution in [3.05, 3.63) is 37.0 Å². The van der Waals surface area contributed by atoms with Gasteiger partial charge < -0.3 is 5.11 Å². The Morgan fingerprint density at radius 2 is 1.47 bits per heavy atom. The summed E-state index contributed by atoms with van der Waals surface area (Å²) in [6.07, 6.45) is 5.58. The van der Waals surface area contributed by atoms with E-state index in [9.17, 15) is 4.79 Å². The van der Waals surface area contributed by atoms with E-state index in [2.05, 4.69) is 13.2 Å². The average Bonchev–Trinajstić information content (AvgIpc) is 2.25. The van der Waals surface area contributed by atoms with Crippen LogP contribution >= 0.6 is 0 Å². The predicted octanol–water partition coefficient (Wildman–Crippen LogP) is 4.45. The van der Waals surface area contributed by atoms with Gasteiger partial charge in [0.1, 0.15) is 0 Å². The van der Waals surface area contributed by atoms with Gasteiger partial charge in [-0.1, -0.05) is 59.1 Å². The lowest BCUT2D eigenvalue weighted by Crippen LogP contribution is -1.92. The Labute approximate surface area is 95.0 Å². The van der Waals surface area contributed by atoms with E-state index >= 15 is 0 Å². The van der Waals surface area contributed by atoms with E-state index in [-0.39, 0.29) is 5.57 Å². The molecule has 2 heteroatoms. The maximum atomic E-state index is 9.60. The number of carbonyl (C=O) groups is 1. The van der Waals surface area contributed by atoms with Crippen molar-refractivity contribution in [2.24, 2.45) is 0 Å². The molecule has 0 radical (unpaired) electrons. The molecule has 0 spiro atoms. The molecule has 90 valence electrons. The Morgan fingerprint density at radius 1 is 1.20 bits per heavy atom. The summed E-state index contributed by atoms with van der Waals surface area (Å²) in [4.78, 5) is 9.60. The van der Waals surface area contributed by atoms with Crippen LogP contribution in [0.3, 0.4) is 0 Å². The number of carboxylic acid groups (broad SMARTS) is 1. The summed E-state index contributed by atoms with van der Waals surface area (Å²) in [6.45, 7) is 18.0. The molecule has 0 rings (SSSR count). The van der Waals surface area contributed by atoms with Gasteiger partial charge in [-0.2, -0.15) is 0 Å². The maximum Gasteiger partial charge on any atom is 0.330 e. The first-order valence-electron chi connectivity index (χ1n) is 5.18. The quantitative estimate of drug-likeness (QED) is 0.544. The molecule has 0 aliphatic heterocycles. The molecule has 0 aromatic rings. The second-order valence-electron chi connectivity index (χ2n) is 1.85. The number of rotatable bonds is 2. The monoisotopic (exact) mass is 214 g/mol. The summed E-state index contributed by atoms with van der Waals surface area (Å²) in [5, 5.41) is 7.89. The molecule has 0 aromatic heterocycles. The van der Waals surface area contributed by atoms with Crippen molar-refractivity contribution in [2.75, 3.05) is 0 Å². The Hall–Kier alpha value is -1.31. The molecule has 0 heterocycles. The van der Waals surface area contributed by atoms with Gasteiger partial charge in [-0.15, -0.1) is 0 Å². The third-order valence-electron chi connectivity index (χ3n) is 0.694. The van der Waals surface area contributed by atoms with Gasteiger partial charge in [0, 0.05) is 5.57 Å². The molecule has 1 N–H and O–H groups in total. The molecule has 0 fully saturated rings. The molecule has 0 aliphatic carbocycles. The Morgan fingerprint density at radius 3 is 1.47 bits per heavy atom. The largest absolute Gasteiger partial charge is 0.478 e. The van der Waals surface area contributed by atoms with E-state index in [1.165, 1.54) is 6.92 Å². The molecule has 0 aliphatic rings. The summed E-state index contributed by atoms with van der Waals surface area (Å²) in [5.74, 6) is -0.935. The molecule has 2 nitrogen and oxygen atoms in total. The summed E-state index contributed by atoms with van der Waals surface area (Å²) < 4.78 is 0. The van der Waals surface area contributed by atoms with E-state index in [1.54, 1.807) is 6.08 Å². The first-order chi connectivity index (χ1) is 7.06. The van der Waals surface area contributed by atoms with Gasteiger partial charge in [0.25, 0.3) is 0 Å². The maximum absolute atomic E-state index is 9.60. The van der Waals surface area contributed by atoms with Crippen molar-refractivity contribution in [3.8, 4) is 0 Å². The van der Waals surface area contributed by atoms with Crippen molar-refractivity contribution in [1.82, 2.24) is 0 Å². The number of aliphatic carboxylic acids is 1. The minimum atomic E-state index is -0.935. The van der Waals surface area contributed by atoms with Crippen molar-refractivity contribution in [3.63, 3.8) is 0 Å².